The van der Waals surface area contributed by atoms with Crippen LogP contribution >= 0.6 is 0 Å². The highest BCUT2D eigenvalue weighted by molar-refractivity contribution is 5.74. The lowest BCUT2D eigenvalue weighted by atomic mass is 10.1. The molecule has 0 aromatic carbocycles. The van der Waals surface area contributed by atoms with Crippen molar-refractivity contribution >= 4 is 17.8 Å². The molecule has 0 spiro atoms. The number of nitrogens with zero attached hydrogens (tertiary/aromatic N) is 1. The second kappa shape index (κ2) is 7.61. The standard InChI is InChI=1S/C10H18N2O5/c1-7(13)12(6-4-9(14)15)5-2-3-8(11)10(16)17/h8H,2-6,11H2,1H3,(H,14,15)(H,16,17)/t8-/m0/s1. The minimum atomic E-state index is -1.08. The molecule has 0 aliphatic heterocycles. The van der Waals surface area contributed by atoms with E-state index in [1.54, 1.807) is 0 Å². The number of aliphatic carboxylic acids is 2. The van der Waals surface area contributed by atoms with Crippen LogP contribution in [0.25, 0.3) is 0 Å². The molecule has 0 rings (SSSR count). The summed E-state index contributed by atoms with van der Waals surface area (Å²) in [6.45, 7) is 1.80. The highest BCUT2D eigenvalue weighted by atomic mass is 16.4. The molecule has 1 atom stereocenters. The van der Waals surface area contributed by atoms with Gasteiger partial charge in [-0.15, -0.1) is 0 Å². The van der Waals surface area contributed by atoms with E-state index in [1.165, 1.54) is 11.8 Å². The summed E-state index contributed by atoms with van der Waals surface area (Å²) in [4.78, 5) is 33.3. The number of hydrogen-bond donors (Lipinski definition) is 3. The highest BCUT2D eigenvalue weighted by Crippen LogP contribution is 2.00. The average molecular weight is 246 g/mol. The molecule has 17 heavy (non-hydrogen) atoms. The maximum Gasteiger partial charge on any atom is 0.320 e. The van der Waals surface area contributed by atoms with Crippen molar-refractivity contribution in [1.29, 1.82) is 0 Å². The number of rotatable bonds is 8. The third kappa shape index (κ3) is 7.29. The molecule has 98 valence electrons. The zero-order valence-electron chi connectivity index (χ0n) is 9.76. The molecule has 4 N–H and O–H groups in total. The van der Waals surface area contributed by atoms with Crippen LogP contribution in [-0.4, -0.2) is 52.1 Å². The largest absolute Gasteiger partial charge is 0.481 e. The normalized spacial score (nSPS) is 11.9. The number of carbonyl (C=O) groups is 3. The van der Waals surface area contributed by atoms with E-state index in [2.05, 4.69) is 0 Å². The van der Waals surface area contributed by atoms with E-state index in [1.807, 2.05) is 0 Å². The van der Waals surface area contributed by atoms with Crippen LogP contribution in [0.1, 0.15) is 26.2 Å². The van der Waals surface area contributed by atoms with Crippen molar-refractivity contribution < 1.29 is 24.6 Å². The zero-order valence-corrected chi connectivity index (χ0v) is 9.76. The topological polar surface area (TPSA) is 121 Å². The Labute approximate surface area is 99.2 Å². The van der Waals surface area contributed by atoms with Crippen LogP contribution in [-0.2, 0) is 14.4 Å². The minimum Gasteiger partial charge on any atom is -0.481 e. The van der Waals surface area contributed by atoms with E-state index >= 15 is 0 Å². The van der Waals surface area contributed by atoms with Gasteiger partial charge in [0, 0.05) is 20.0 Å². The van der Waals surface area contributed by atoms with Crippen LogP contribution in [0.15, 0.2) is 0 Å². The number of hydrogen-bond acceptors (Lipinski definition) is 4. The molecule has 0 bridgehead atoms. The Kier molecular flexibility index (Phi) is 6.88. The summed E-state index contributed by atoms with van der Waals surface area (Å²) in [7, 11) is 0. The van der Waals surface area contributed by atoms with Gasteiger partial charge >= 0.3 is 11.9 Å². The second-order valence-electron chi connectivity index (χ2n) is 3.74. The number of carboxylic acid groups (broad SMARTS) is 2. The summed E-state index contributed by atoms with van der Waals surface area (Å²) in [6, 6.07) is -0.941. The first-order chi connectivity index (χ1) is 7.84. The molecule has 0 unspecified atom stereocenters. The van der Waals surface area contributed by atoms with Gasteiger partial charge in [-0.1, -0.05) is 0 Å². The lowest BCUT2D eigenvalue weighted by molar-refractivity contribution is -0.139. The molecule has 7 nitrogen and oxygen atoms in total. The summed E-state index contributed by atoms with van der Waals surface area (Å²) in [5, 5.41) is 17.0. The predicted molar refractivity (Wildman–Crippen MR) is 59.4 cm³/mol. The van der Waals surface area contributed by atoms with Crippen LogP contribution in [0.2, 0.25) is 0 Å². The van der Waals surface area contributed by atoms with Crippen molar-refractivity contribution in [3.8, 4) is 0 Å². The lowest BCUT2D eigenvalue weighted by Gasteiger charge is -2.20. The smallest absolute Gasteiger partial charge is 0.320 e. The van der Waals surface area contributed by atoms with Gasteiger partial charge in [-0.25, -0.2) is 0 Å². The summed E-state index contributed by atoms with van der Waals surface area (Å²) in [5.74, 6) is -2.28. The van der Waals surface area contributed by atoms with Crippen LogP contribution in [0.4, 0.5) is 0 Å². The van der Waals surface area contributed by atoms with E-state index in [-0.39, 0.29) is 25.3 Å². The summed E-state index contributed by atoms with van der Waals surface area (Å²) in [6.07, 6.45) is 0.573. The van der Waals surface area contributed by atoms with Gasteiger partial charge < -0.3 is 20.8 Å². The van der Waals surface area contributed by atoms with Gasteiger partial charge in [0.2, 0.25) is 5.91 Å². The molecule has 0 fully saturated rings. The molecule has 0 radical (unpaired) electrons. The molecule has 0 saturated carbocycles. The summed E-state index contributed by atoms with van der Waals surface area (Å²) >= 11 is 0. The van der Waals surface area contributed by atoms with Crippen LogP contribution in [0.5, 0.6) is 0 Å². The minimum absolute atomic E-state index is 0.120. The van der Waals surface area contributed by atoms with Gasteiger partial charge in [0.25, 0.3) is 0 Å². The predicted octanol–water partition coefficient (Wildman–Crippen LogP) is -0.498. The zero-order chi connectivity index (χ0) is 13.4. The number of nitrogens with two attached hydrogens (primary N) is 1. The first-order valence-corrected chi connectivity index (χ1v) is 5.30. The number of amides is 1. The summed E-state index contributed by atoms with van der Waals surface area (Å²) < 4.78 is 0. The molecular formula is C10H18N2O5. The van der Waals surface area contributed by atoms with Crippen LogP contribution in [0, 0.1) is 0 Å². The van der Waals surface area contributed by atoms with E-state index in [0.717, 1.165) is 0 Å². The Bertz CT molecular complexity index is 292. The molecule has 0 aromatic rings. The fourth-order valence-electron chi connectivity index (χ4n) is 1.28. The lowest BCUT2D eigenvalue weighted by Crippen LogP contribution is -2.34. The molecule has 0 aliphatic carbocycles. The van der Waals surface area contributed by atoms with E-state index in [4.69, 9.17) is 15.9 Å². The van der Waals surface area contributed by atoms with Gasteiger partial charge in [0.1, 0.15) is 6.04 Å². The van der Waals surface area contributed by atoms with Gasteiger partial charge in [-0.2, -0.15) is 0 Å². The van der Waals surface area contributed by atoms with Gasteiger partial charge in [0.05, 0.1) is 6.42 Å². The first-order valence-electron chi connectivity index (χ1n) is 5.30. The molecule has 0 aromatic heterocycles. The molecule has 0 heterocycles. The van der Waals surface area contributed by atoms with Crippen molar-refractivity contribution in [2.75, 3.05) is 13.1 Å². The van der Waals surface area contributed by atoms with Gasteiger partial charge in [0.15, 0.2) is 0 Å². The van der Waals surface area contributed by atoms with Gasteiger partial charge in [-0.05, 0) is 12.8 Å². The Hall–Kier alpha value is -1.63. The maximum absolute atomic E-state index is 11.2. The summed E-state index contributed by atoms with van der Waals surface area (Å²) in [5.41, 5.74) is 5.30. The third-order valence-electron chi connectivity index (χ3n) is 2.30. The average Bonchev–Trinajstić information content (AvgIpc) is 2.21. The monoisotopic (exact) mass is 246 g/mol. The molecule has 0 aliphatic rings. The van der Waals surface area contributed by atoms with Crippen LogP contribution in [0.3, 0.4) is 0 Å². The number of carbonyl (C=O) groups excluding carboxylic acids is 1. The number of carboxylic acids is 2. The highest BCUT2D eigenvalue weighted by Gasteiger charge is 2.14. The molecular weight excluding hydrogens is 228 g/mol. The van der Waals surface area contributed by atoms with E-state index < -0.39 is 18.0 Å². The fourth-order valence-corrected chi connectivity index (χ4v) is 1.28. The Morgan fingerprint density at radius 3 is 2.24 bits per heavy atom. The third-order valence-corrected chi connectivity index (χ3v) is 2.30. The maximum atomic E-state index is 11.2. The Morgan fingerprint density at radius 1 is 1.24 bits per heavy atom. The Balaban J connectivity index is 3.97. The molecule has 0 saturated heterocycles. The van der Waals surface area contributed by atoms with Crippen molar-refractivity contribution in [3.63, 3.8) is 0 Å². The molecule has 7 heteroatoms. The van der Waals surface area contributed by atoms with Crippen molar-refractivity contribution in [2.45, 2.75) is 32.2 Å². The van der Waals surface area contributed by atoms with Crippen molar-refractivity contribution in [2.24, 2.45) is 5.73 Å². The fraction of sp³-hybridized carbons (Fsp3) is 0.700. The Morgan fingerprint density at radius 2 is 1.82 bits per heavy atom. The molecule has 1 amide bonds. The SMILES string of the molecule is CC(=O)N(CCC[C@H](N)C(=O)O)CCC(=O)O. The quantitative estimate of drug-likeness (QED) is 0.531. The van der Waals surface area contributed by atoms with E-state index in [0.29, 0.717) is 13.0 Å². The van der Waals surface area contributed by atoms with Crippen LogP contribution < -0.4 is 5.73 Å². The van der Waals surface area contributed by atoms with E-state index in [9.17, 15) is 14.4 Å². The van der Waals surface area contributed by atoms with Gasteiger partial charge in [-0.3, -0.25) is 14.4 Å². The second-order valence-corrected chi connectivity index (χ2v) is 3.74. The van der Waals surface area contributed by atoms with Crippen molar-refractivity contribution in [3.05, 3.63) is 0 Å². The van der Waals surface area contributed by atoms with Crippen molar-refractivity contribution in [1.82, 2.24) is 4.90 Å². The first kappa shape index (κ1) is 15.4.